The number of anilines is 3. The van der Waals surface area contributed by atoms with E-state index in [4.69, 9.17) is 10.00 Å². The lowest BCUT2D eigenvalue weighted by molar-refractivity contribution is -0.122. The van der Waals surface area contributed by atoms with Crippen LogP contribution in [0.2, 0.25) is 0 Å². The number of ether oxygens (including phenoxy) is 1. The van der Waals surface area contributed by atoms with Crippen molar-refractivity contribution >= 4 is 39.5 Å². The zero-order valence-electron chi connectivity index (χ0n) is 13.6. The summed E-state index contributed by atoms with van der Waals surface area (Å²) < 4.78 is 5.50. The van der Waals surface area contributed by atoms with Crippen molar-refractivity contribution in [2.75, 3.05) is 16.0 Å². The quantitative estimate of drug-likeness (QED) is 0.781. The van der Waals surface area contributed by atoms with Gasteiger partial charge in [0.25, 0.3) is 5.91 Å². The van der Waals surface area contributed by atoms with E-state index in [1.165, 1.54) is 11.3 Å². The second kappa shape index (κ2) is 6.83. The number of nitriles is 1. The van der Waals surface area contributed by atoms with Crippen LogP contribution >= 0.6 is 11.3 Å². The smallest absolute Gasteiger partial charge is 0.265 e. The molecule has 8 heteroatoms. The highest BCUT2D eigenvalue weighted by atomic mass is 32.1. The molecule has 1 aromatic carbocycles. The lowest BCUT2D eigenvalue weighted by Crippen LogP contribution is -2.34. The second-order valence-electron chi connectivity index (χ2n) is 5.59. The first-order chi connectivity index (χ1) is 12.0. The molecule has 2 heterocycles. The molecule has 0 unspecified atom stereocenters. The molecule has 1 aliphatic rings. The molecule has 1 aliphatic heterocycles. The third-order valence-corrected chi connectivity index (χ3v) is 4.54. The third kappa shape index (κ3) is 3.56. The largest absolute Gasteiger partial charge is 0.479 e. The molecule has 0 fully saturated rings. The van der Waals surface area contributed by atoms with Gasteiger partial charge < -0.3 is 20.7 Å². The Morgan fingerprint density at radius 1 is 1.44 bits per heavy atom. The summed E-state index contributed by atoms with van der Waals surface area (Å²) in [5.74, 6) is 0.120. The number of carbonyl (C=O) groups excluding carboxylic acids is 2. The topological polar surface area (TPSA) is 103 Å². The van der Waals surface area contributed by atoms with Crippen molar-refractivity contribution in [1.29, 1.82) is 5.26 Å². The highest BCUT2D eigenvalue weighted by Crippen LogP contribution is 2.32. The fraction of sp³-hybridized carbons (Fsp3) is 0.235. The van der Waals surface area contributed by atoms with Crippen molar-refractivity contribution in [2.45, 2.75) is 26.0 Å². The molecule has 25 heavy (non-hydrogen) atoms. The summed E-state index contributed by atoms with van der Waals surface area (Å²) in [6.45, 7) is 3.39. The molecule has 7 nitrogen and oxygen atoms in total. The Morgan fingerprint density at radius 3 is 3.00 bits per heavy atom. The van der Waals surface area contributed by atoms with Crippen molar-refractivity contribution in [3.63, 3.8) is 0 Å². The second-order valence-corrected chi connectivity index (χ2v) is 6.51. The Kier molecular flexibility index (Phi) is 4.59. The van der Waals surface area contributed by atoms with Gasteiger partial charge in [-0.15, -0.1) is 11.3 Å². The van der Waals surface area contributed by atoms with E-state index in [0.717, 1.165) is 0 Å². The molecule has 3 N–H and O–H groups in total. The van der Waals surface area contributed by atoms with Gasteiger partial charge in [0.15, 0.2) is 6.10 Å². The summed E-state index contributed by atoms with van der Waals surface area (Å²) in [4.78, 5) is 24.0. The average molecular weight is 356 g/mol. The van der Waals surface area contributed by atoms with Gasteiger partial charge in [0, 0.05) is 5.69 Å². The number of rotatable bonds is 4. The Balaban J connectivity index is 1.68. The Bertz CT molecular complexity index is 871. The summed E-state index contributed by atoms with van der Waals surface area (Å²) in [7, 11) is 0. The minimum absolute atomic E-state index is 0.211. The number of nitrogens with one attached hydrogen (secondary N) is 3. The third-order valence-electron chi connectivity index (χ3n) is 3.71. The molecular weight excluding hydrogens is 340 g/mol. The molecule has 0 aliphatic carbocycles. The van der Waals surface area contributed by atoms with Crippen molar-refractivity contribution in [1.82, 2.24) is 0 Å². The van der Waals surface area contributed by atoms with Crippen LogP contribution in [-0.4, -0.2) is 24.0 Å². The van der Waals surface area contributed by atoms with Crippen LogP contribution in [0.4, 0.5) is 16.4 Å². The summed E-state index contributed by atoms with van der Waals surface area (Å²) in [5, 5.41) is 19.8. The first-order valence-corrected chi connectivity index (χ1v) is 8.52. The Morgan fingerprint density at radius 2 is 2.24 bits per heavy atom. The molecular formula is C17H16N4O3S. The van der Waals surface area contributed by atoms with E-state index in [-0.39, 0.29) is 11.8 Å². The number of hydrogen-bond acceptors (Lipinski definition) is 6. The van der Waals surface area contributed by atoms with E-state index in [0.29, 0.717) is 27.7 Å². The first kappa shape index (κ1) is 16.8. The highest BCUT2D eigenvalue weighted by molar-refractivity contribution is 7.14. The van der Waals surface area contributed by atoms with E-state index in [1.807, 2.05) is 6.07 Å². The van der Waals surface area contributed by atoms with Gasteiger partial charge >= 0.3 is 0 Å². The normalized spacial score (nSPS) is 16.7. The minimum atomic E-state index is -0.536. The van der Waals surface area contributed by atoms with Gasteiger partial charge in [-0.1, -0.05) is 0 Å². The Labute approximate surface area is 148 Å². The molecule has 128 valence electrons. The average Bonchev–Trinajstić information content (AvgIpc) is 3.03. The van der Waals surface area contributed by atoms with E-state index in [9.17, 15) is 9.59 Å². The maximum Gasteiger partial charge on any atom is 0.265 e. The van der Waals surface area contributed by atoms with Crippen molar-refractivity contribution in [3.8, 4) is 11.8 Å². The van der Waals surface area contributed by atoms with Gasteiger partial charge in [0.1, 0.15) is 22.9 Å². The molecule has 0 saturated heterocycles. The molecule has 2 aromatic rings. The van der Waals surface area contributed by atoms with Gasteiger partial charge in [0.2, 0.25) is 5.91 Å². The number of nitrogens with zero attached hydrogens (tertiary/aromatic N) is 1. The first-order valence-electron chi connectivity index (χ1n) is 7.64. The van der Waals surface area contributed by atoms with Crippen molar-refractivity contribution in [2.24, 2.45) is 0 Å². The molecule has 3 rings (SSSR count). The van der Waals surface area contributed by atoms with E-state index >= 15 is 0 Å². The SMILES string of the molecule is C[C@H](Nc1ccc2c(c1)NC(=O)[C@H](C)O2)C(=O)Nc1sccc1C#N. The molecule has 0 spiro atoms. The predicted molar refractivity (Wildman–Crippen MR) is 95.9 cm³/mol. The lowest BCUT2D eigenvalue weighted by Gasteiger charge is -2.24. The van der Waals surface area contributed by atoms with Crippen LogP contribution in [0.5, 0.6) is 5.75 Å². The molecule has 0 radical (unpaired) electrons. The number of carbonyl (C=O) groups is 2. The van der Waals surface area contributed by atoms with Gasteiger partial charge in [0.05, 0.1) is 11.3 Å². The maximum absolute atomic E-state index is 12.3. The summed E-state index contributed by atoms with van der Waals surface area (Å²) in [6, 6.07) is 8.39. The van der Waals surface area contributed by atoms with Crippen LogP contribution in [0.25, 0.3) is 0 Å². The van der Waals surface area contributed by atoms with Crippen LogP contribution in [0.1, 0.15) is 19.4 Å². The Hall–Kier alpha value is -3.05. The van der Waals surface area contributed by atoms with E-state index in [1.54, 1.807) is 43.5 Å². The molecule has 0 bridgehead atoms. The summed E-state index contributed by atoms with van der Waals surface area (Å²) in [6.07, 6.45) is -0.531. The fourth-order valence-corrected chi connectivity index (χ4v) is 3.07. The molecule has 0 saturated carbocycles. The van der Waals surface area contributed by atoms with Gasteiger partial charge in [-0.3, -0.25) is 9.59 Å². The summed E-state index contributed by atoms with van der Waals surface area (Å²) in [5.41, 5.74) is 1.67. The predicted octanol–water partition coefficient (Wildman–Crippen LogP) is 2.78. The monoisotopic (exact) mass is 356 g/mol. The number of hydrogen-bond donors (Lipinski definition) is 3. The van der Waals surface area contributed by atoms with Crippen LogP contribution < -0.4 is 20.7 Å². The lowest BCUT2D eigenvalue weighted by atomic mass is 10.2. The van der Waals surface area contributed by atoms with Crippen LogP contribution in [0, 0.1) is 11.3 Å². The van der Waals surface area contributed by atoms with Gasteiger partial charge in [-0.2, -0.15) is 5.26 Å². The number of thiophene rings is 1. The van der Waals surface area contributed by atoms with Crippen molar-refractivity contribution in [3.05, 3.63) is 35.2 Å². The standard InChI is InChI=1S/C17H16N4O3S/c1-9(15(22)21-17-11(8-18)5-6-25-17)19-12-3-4-14-13(7-12)20-16(23)10(2)24-14/h3-7,9-10,19H,1-2H3,(H,20,23)(H,21,22)/t9-,10-/m0/s1. The minimum Gasteiger partial charge on any atom is -0.479 e. The number of amides is 2. The van der Waals surface area contributed by atoms with Crippen LogP contribution in [0.3, 0.4) is 0 Å². The van der Waals surface area contributed by atoms with Crippen molar-refractivity contribution < 1.29 is 14.3 Å². The zero-order chi connectivity index (χ0) is 18.0. The van der Waals surface area contributed by atoms with Gasteiger partial charge in [-0.05, 0) is 43.5 Å². The van der Waals surface area contributed by atoms with Crippen LogP contribution in [0.15, 0.2) is 29.6 Å². The molecule has 2 atom stereocenters. The van der Waals surface area contributed by atoms with E-state index < -0.39 is 12.1 Å². The zero-order valence-corrected chi connectivity index (χ0v) is 14.4. The molecule has 2 amide bonds. The fourth-order valence-electron chi connectivity index (χ4n) is 2.33. The highest BCUT2D eigenvalue weighted by Gasteiger charge is 2.24. The number of fused-ring (bicyclic) bond motifs is 1. The van der Waals surface area contributed by atoms with Gasteiger partial charge in [-0.25, -0.2) is 0 Å². The summed E-state index contributed by atoms with van der Waals surface area (Å²) >= 11 is 1.30. The maximum atomic E-state index is 12.3. The van der Waals surface area contributed by atoms with Crippen LogP contribution in [-0.2, 0) is 9.59 Å². The molecule has 1 aromatic heterocycles. The van der Waals surface area contributed by atoms with E-state index in [2.05, 4.69) is 16.0 Å². The number of benzene rings is 1.